The van der Waals surface area contributed by atoms with Gasteiger partial charge in [0.15, 0.2) is 6.23 Å². The Morgan fingerprint density at radius 3 is 2.56 bits per heavy atom. The van der Waals surface area contributed by atoms with Gasteiger partial charge >= 0.3 is 5.69 Å². The fraction of sp³-hybridized carbons (Fsp3) is 0.556. The van der Waals surface area contributed by atoms with Crippen LogP contribution in [0.3, 0.4) is 0 Å². The van der Waals surface area contributed by atoms with Gasteiger partial charge in [-0.25, -0.2) is 4.79 Å². The van der Waals surface area contributed by atoms with Gasteiger partial charge in [0.1, 0.15) is 18.3 Å². The van der Waals surface area contributed by atoms with Crippen LogP contribution in [0.25, 0.3) is 0 Å². The molecule has 1 aromatic heterocycles. The fourth-order valence-electron chi connectivity index (χ4n) is 1.77. The third kappa shape index (κ3) is 1.86. The summed E-state index contributed by atoms with van der Waals surface area (Å²) in [5.74, 6) is 0. The molecule has 2 rings (SSSR count). The Labute approximate surface area is 99.0 Å². The molecule has 2 heterocycles. The highest BCUT2D eigenvalue weighted by Gasteiger charge is 2.43. The lowest BCUT2D eigenvalue weighted by atomic mass is 10.1. The number of aliphatic hydroxyl groups is 3. The van der Waals surface area contributed by atoms with Crippen LogP contribution in [0.15, 0.2) is 21.9 Å². The van der Waals surface area contributed by atoms with Gasteiger partial charge in [-0.05, 0) is 0 Å². The van der Waals surface area contributed by atoms with Crippen LogP contribution in [0.1, 0.15) is 6.23 Å². The van der Waals surface area contributed by atoms with Gasteiger partial charge in [0.25, 0.3) is 5.56 Å². The average Bonchev–Trinajstić information content (AvgIpc) is 2.64. The smallest absolute Gasteiger partial charge is 0.362 e. The summed E-state index contributed by atoms with van der Waals surface area (Å²) in [5.41, 5.74) is -2.49. The first-order valence-corrected chi connectivity index (χ1v) is 5.10. The number of nitrogens with zero attached hydrogens (tertiary/aromatic N) is 2. The second-order valence-electron chi connectivity index (χ2n) is 3.85. The quantitative estimate of drug-likeness (QED) is 0.536. The van der Waals surface area contributed by atoms with Crippen LogP contribution in [0.4, 0.5) is 4.48 Å². The monoisotopic (exact) mass is 262 g/mol. The van der Waals surface area contributed by atoms with E-state index in [4.69, 9.17) is 9.84 Å². The van der Waals surface area contributed by atoms with Gasteiger partial charge in [0.05, 0.1) is 6.61 Å². The third-order valence-electron chi connectivity index (χ3n) is 2.75. The van der Waals surface area contributed by atoms with E-state index in [1.807, 2.05) is 0 Å². The first-order valence-electron chi connectivity index (χ1n) is 5.10. The van der Waals surface area contributed by atoms with Crippen LogP contribution in [0, 0.1) is 0 Å². The Balaban J connectivity index is 2.42. The summed E-state index contributed by atoms with van der Waals surface area (Å²) >= 11 is 0. The molecule has 0 bridgehead atoms. The Bertz CT molecular complexity index is 555. The Morgan fingerprint density at radius 2 is 2.00 bits per heavy atom. The lowest BCUT2D eigenvalue weighted by Crippen LogP contribution is -2.40. The number of ether oxygens (including phenoxy) is 1. The number of rotatable bonds is 2. The van der Waals surface area contributed by atoms with Crippen molar-refractivity contribution >= 4 is 0 Å². The second kappa shape index (κ2) is 4.61. The first-order chi connectivity index (χ1) is 8.47. The van der Waals surface area contributed by atoms with E-state index >= 15 is 0 Å². The van der Waals surface area contributed by atoms with Gasteiger partial charge in [0, 0.05) is 12.3 Å². The zero-order valence-corrected chi connectivity index (χ0v) is 9.01. The molecule has 3 N–H and O–H groups in total. The topological polar surface area (TPSA) is 114 Å². The lowest BCUT2D eigenvalue weighted by Gasteiger charge is -2.16. The number of halogens is 1. The standard InChI is InChI=1S/C9H11FN2O6/c10-12-5(14)1-2-11(9(12)17)8-7(16)6(15)4(3-13)18-8/h1-2,4,6-8,13,15-16H,3H2/t4-,6-,7-,8?/m1/s1. The van der Waals surface area contributed by atoms with Crippen molar-refractivity contribution in [1.29, 1.82) is 0 Å². The maximum Gasteiger partial charge on any atom is 0.362 e. The van der Waals surface area contributed by atoms with Gasteiger partial charge in [0.2, 0.25) is 0 Å². The first kappa shape index (κ1) is 12.9. The van der Waals surface area contributed by atoms with Crippen molar-refractivity contribution in [3.05, 3.63) is 33.1 Å². The third-order valence-corrected chi connectivity index (χ3v) is 2.75. The van der Waals surface area contributed by atoms with Crippen LogP contribution in [0.5, 0.6) is 0 Å². The average molecular weight is 262 g/mol. The highest BCUT2D eigenvalue weighted by Crippen LogP contribution is 2.27. The number of hydrogen-bond donors (Lipinski definition) is 3. The minimum atomic E-state index is -1.52. The molecule has 1 unspecified atom stereocenters. The minimum Gasteiger partial charge on any atom is -0.394 e. The highest BCUT2D eigenvalue weighted by atomic mass is 19.2. The molecule has 0 spiro atoms. The molecule has 1 aliphatic heterocycles. The zero-order valence-electron chi connectivity index (χ0n) is 9.01. The maximum atomic E-state index is 13.1. The summed E-state index contributed by atoms with van der Waals surface area (Å²) in [4.78, 5) is 21.7. The molecule has 1 aliphatic rings. The summed E-state index contributed by atoms with van der Waals surface area (Å²) in [6, 6.07) is 0.774. The molecule has 4 atom stereocenters. The molecule has 9 heteroatoms. The van der Waals surface area contributed by atoms with Crippen molar-refractivity contribution in [3.8, 4) is 0 Å². The molecule has 0 radical (unpaired) electrons. The molecule has 1 saturated heterocycles. The molecule has 100 valence electrons. The van der Waals surface area contributed by atoms with Crippen LogP contribution in [-0.4, -0.2) is 49.6 Å². The predicted molar refractivity (Wildman–Crippen MR) is 54.5 cm³/mol. The normalized spacial score (nSPS) is 31.8. The van der Waals surface area contributed by atoms with Crippen LogP contribution in [-0.2, 0) is 4.74 Å². The van der Waals surface area contributed by atoms with E-state index in [1.54, 1.807) is 0 Å². The van der Waals surface area contributed by atoms with E-state index < -0.39 is 47.2 Å². The van der Waals surface area contributed by atoms with Crippen LogP contribution in [0.2, 0.25) is 0 Å². The van der Waals surface area contributed by atoms with E-state index in [2.05, 4.69) is 0 Å². The fourth-order valence-corrected chi connectivity index (χ4v) is 1.77. The molecule has 1 fully saturated rings. The Morgan fingerprint density at radius 1 is 1.33 bits per heavy atom. The summed E-state index contributed by atoms with van der Waals surface area (Å²) in [7, 11) is 0. The van der Waals surface area contributed by atoms with E-state index in [9.17, 15) is 24.3 Å². The number of aliphatic hydroxyl groups excluding tert-OH is 3. The predicted octanol–water partition coefficient (Wildman–Crippen LogP) is -2.65. The zero-order chi connectivity index (χ0) is 13.4. The van der Waals surface area contributed by atoms with Crippen LogP contribution < -0.4 is 11.2 Å². The minimum absolute atomic E-state index is 0.571. The second-order valence-corrected chi connectivity index (χ2v) is 3.85. The maximum absolute atomic E-state index is 13.1. The van der Waals surface area contributed by atoms with E-state index in [0.29, 0.717) is 4.57 Å². The van der Waals surface area contributed by atoms with Crippen molar-refractivity contribution in [2.75, 3.05) is 6.61 Å². The molecule has 18 heavy (non-hydrogen) atoms. The van der Waals surface area contributed by atoms with Gasteiger partial charge in [-0.1, -0.05) is 9.27 Å². The Kier molecular flexibility index (Phi) is 3.30. The Hall–Kier alpha value is -1.55. The number of aromatic nitrogens is 2. The summed E-state index contributed by atoms with van der Waals surface area (Å²) < 4.78 is 18.7. The van der Waals surface area contributed by atoms with Crippen LogP contribution >= 0.6 is 0 Å². The summed E-state index contributed by atoms with van der Waals surface area (Å²) in [6.45, 7) is -0.571. The number of hydrogen-bond acceptors (Lipinski definition) is 6. The van der Waals surface area contributed by atoms with Gasteiger partial charge < -0.3 is 20.1 Å². The van der Waals surface area contributed by atoms with E-state index in [0.717, 1.165) is 12.3 Å². The van der Waals surface area contributed by atoms with Gasteiger partial charge in [-0.15, -0.1) is 0 Å². The van der Waals surface area contributed by atoms with Crippen molar-refractivity contribution in [1.82, 2.24) is 9.36 Å². The largest absolute Gasteiger partial charge is 0.394 e. The molecule has 1 aromatic rings. The molecule has 0 saturated carbocycles. The molecule has 0 amide bonds. The molecular weight excluding hydrogens is 251 g/mol. The van der Waals surface area contributed by atoms with Crippen molar-refractivity contribution in [2.24, 2.45) is 0 Å². The molecular formula is C9H11FN2O6. The summed E-state index contributed by atoms with van der Waals surface area (Å²) in [5, 5.41) is 28.0. The molecule has 0 aliphatic carbocycles. The van der Waals surface area contributed by atoms with Gasteiger partial charge in [-0.3, -0.25) is 9.36 Å². The van der Waals surface area contributed by atoms with Crippen molar-refractivity contribution in [2.45, 2.75) is 24.5 Å². The molecule has 8 nitrogen and oxygen atoms in total. The van der Waals surface area contributed by atoms with E-state index in [-0.39, 0.29) is 0 Å². The highest BCUT2D eigenvalue weighted by molar-refractivity contribution is 4.93. The molecule has 0 aromatic carbocycles. The van der Waals surface area contributed by atoms with Gasteiger partial charge in [-0.2, -0.15) is 0 Å². The van der Waals surface area contributed by atoms with Crippen molar-refractivity contribution < 1.29 is 24.5 Å². The summed E-state index contributed by atoms with van der Waals surface area (Å²) in [6.07, 6.45) is -4.44. The van der Waals surface area contributed by atoms with Crippen molar-refractivity contribution in [3.63, 3.8) is 0 Å². The lowest BCUT2D eigenvalue weighted by molar-refractivity contribution is -0.0565. The SMILES string of the molecule is O=c1ccn(C2O[C@H](CO)[C@@H](O)[C@H]2O)c(=O)n1F. The van der Waals surface area contributed by atoms with E-state index in [1.165, 1.54) is 0 Å².